The Labute approximate surface area is 270 Å². The molecule has 0 amide bonds. The maximum Gasteiger partial charge on any atom is 0.171 e. The zero-order chi connectivity index (χ0) is 31.4. The monoisotopic (exact) mass is 631 g/mol. The van der Waals surface area contributed by atoms with Crippen molar-refractivity contribution < 1.29 is 9.13 Å². The van der Waals surface area contributed by atoms with E-state index >= 15 is 9.13 Å². The number of pyridine rings is 1. The highest BCUT2D eigenvalue weighted by Crippen LogP contribution is 2.49. The molecule has 3 nitrogen and oxygen atoms in total. The number of aromatic nitrogens is 1. The number of hydrogen-bond acceptors (Lipinski definition) is 3. The molecular weight excluding hydrogens is 600 g/mol. The van der Waals surface area contributed by atoms with Crippen molar-refractivity contribution in [3.8, 4) is 22.5 Å². The molecule has 0 aliphatic rings. The van der Waals surface area contributed by atoms with Crippen LogP contribution in [0.25, 0.3) is 22.5 Å². The van der Waals surface area contributed by atoms with Gasteiger partial charge in [0.05, 0.1) is 11.4 Å². The van der Waals surface area contributed by atoms with Gasteiger partial charge < -0.3 is 9.13 Å². The van der Waals surface area contributed by atoms with E-state index in [4.69, 9.17) is 4.98 Å². The van der Waals surface area contributed by atoms with Crippen molar-refractivity contribution in [1.29, 1.82) is 0 Å². The van der Waals surface area contributed by atoms with Crippen LogP contribution < -0.4 is 31.8 Å². The third-order valence-electron chi connectivity index (χ3n) is 8.25. The molecule has 5 heteroatoms. The second-order valence-electron chi connectivity index (χ2n) is 11.0. The second-order valence-corrected chi connectivity index (χ2v) is 16.5. The predicted molar refractivity (Wildman–Crippen MR) is 194 cm³/mol. The zero-order valence-corrected chi connectivity index (χ0v) is 26.8. The summed E-state index contributed by atoms with van der Waals surface area (Å²) in [5.41, 5.74) is 2.99. The first-order valence-electron chi connectivity index (χ1n) is 15.2. The average molecular weight is 632 g/mol. The summed E-state index contributed by atoms with van der Waals surface area (Å²) in [5, 5.41) is 4.02. The summed E-state index contributed by atoms with van der Waals surface area (Å²) >= 11 is 0. The van der Waals surface area contributed by atoms with Crippen molar-refractivity contribution in [3.63, 3.8) is 0 Å². The van der Waals surface area contributed by atoms with Gasteiger partial charge in [-0.05, 0) is 12.1 Å². The molecule has 0 unspecified atom stereocenters. The van der Waals surface area contributed by atoms with Crippen LogP contribution >= 0.6 is 14.3 Å². The van der Waals surface area contributed by atoms with Gasteiger partial charge in [0, 0.05) is 43.0 Å². The molecule has 0 saturated heterocycles. The lowest BCUT2D eigenvalue weighted by Crippen LogP contribution is -2.33. The van der Waals surface area contributed by atoms with Crippen molar-refractivity contribution in [3.05, 3.63) is 188 Å². The van der Waals surface area contributed by atoms with Crippen LogP contribution in [0.1, 0.15) is 0 Å². The van der Waals surface area contributed by atoms with Crippen molar-refractivity contribution in [2.45, 2.75) is 0 Å². The Morgan fingerprint density at radius 2 is 0.652 bits per heavy atom. The molecule has 7 rings (SSSR count). The third-order valence-corrected chi connectivity index (χ3v) is 14.5. The van der Waals surface area contributed by atoms with Crippen molar-refractivity contribution in [2.24, 2.45) is 0 Å². The first kappa shape index (κ1) is 29.6. The standard InChI is InChI=1S/C41H31NO2P2/c43-45(33-20-8-2-9-21-33,34-22-10-3-11-23-34)39-30-17-31-40(41(39)38-29-16-28-37(42-38)32-18-6-1-7-19-32)46(44,35-24-12-4-13-25-35)36-26-14-5-15-27-36/h1-31H. The van der Waals surface area contributed by atoms with Gasteiger partial charge in [-0.1, -0.05) is 176 Å². The van der Waals surface area contributed by atoms with Crippen LogP contribution in [0.4, 0.5) is 0 Å². The van der Waals surface area contributed by atoms with E-state index in [1.165, 1.54) is 0 Å². The van der Waals surface area contributed by atoms with Gasteiger partial charge in [-0.25, -0.2) is 4.98 Å². The van der Waals surface area contributed by atoms with E-state index < -0.39 is 14.3 Å². The van der Waals surface area contributed by atoms with Gasteiger partial charge in [-0.3, -0.25) is 0 Å². The number of rotatable bonds is 8. The van der Waals surface area contributed by atoms with E-state index in [2.05, 4.69) is 0 Å². The summed E-state index contributed by atoms with van der Waals surface area (Å²) in [6, 6.07) is 60.1. The molecular formula is C41H31NO2P2. The van der Waals surface area contributed by atoms with Gasteiger partial charge in [-0.2, -0.15) is 0 Å². The Kier molecular flexibility index (Phi) is 8.20. The molecule has 1 aromatic heterocycles. The number of benzene rings is 6. The van der Waals surface area contributed by atoms with Crippen LogP contribution in [0.2, 0.25) is 0 Å². The number of hydrogen-bond donors (Lipinski definition) is 0. The summed E-state index contributed by atoms with van der Waals surface area (Å²) in [4.78, 5) is 5.19. The van der Waals surface area contributed by atoms with Gasteiger partial charge in [0.25, 0.3) is 0 Å². The summed E-state index contributed by atoms with van der Waals surface area (Å²) in [5.74, 6) is 0. The summed E-state index contributed by atoms with van der Waals surface area (Å²) < 4.78 is 32.0. The molecule has 0 bridgehead atoms. The minimum absolute atomic E-state index is 0.604. The molecule has 0 radical (unpaired) electrons. The summed E-state index contributed by atoms with van der Waals surface area (Å²) in [6.07, 6.45) is 0. The second kappa shape index (κ2) is 12.7. The summed E-state index contributed by atoms with van der Waals surface area (Å²) in [6.45, 7) is 0. The van der Waals surface area contributed by atoms with Crippen LogP contribution in [-0.2, 0) is 9.13 Å². The van der Waals surface area contributed by atoms with Gasteiger partial charge in [-0.15, -0.1) is 0 Å². The van der Waals surface area contributed by atoms with Crippen LogP contribution in [0.3, 0.4) is 0 Å². The fourth-order valence-electron chi connectivity index (χ4n) is 6.07. The van der Waals surface area contributed by atoms with Gasteiger partial charge >= 0.3 is 0 Å². The topological polar surface area (TPSA) is 47.0 Å². The lowest BCUT2D eigenvalue weighted by Gasteiger charge is -2.28. The van der Waals surface area contributed by atoms with E-state index in [1.54, 1.807) is 0 Å². The van der Waals surface area contributed by atoms with Crippen LogP contribution in [0, 0.1) is 0 Å². The zero-order valence-electron chi connectivity index (χ0n) is 25.1. The van der Waals surface area contributed by atoms with E-state index in [0.717, 1.165) is 11.3 Å². The highest BCUT2D eigenvalue weighted by atomic mass is 31.2. The average Bonchev–Trinajstić information content (AvgIpc) is 3.15. The smallest absolute Gasteiger partial charge is 0.171 e. The molecule has 0 N–H and O–H groups in total. The molecule has 0 aliphatic heterocycles. The van der Waals surface area contributed by atoms with Gasteiger partial charge in [0.2, 0.25) is 0 Å². The summed E-state index contributed by atoms with van der Waals surface area (Å²) in [7, 11) is -7.01. The van der Waals surface area contributed by atoms with Gasteiger partial charge in [0.1, 0.15) is 0 Å². The molecule has 0 atom stereocenters. The SMILES string of the molecule is O=P(c1ccccc1)(c1ccccc1)c1cccc(P(=O)(c2ccccc2)c2ccccc2)c1-c1cccc(-c2ccccc2)n1. The maximum absolute atomic E-state index is 16.0. The lowest BCUT2D eigenvalue weighted by atomic mass is 10.1. The maximum atomic E-state index is 16.0. The highest BCUT2D eigenvalue weighted by Gasteiger charge is 2.39. The Bertz CT molecular complexity index is 1990. The predicted octanol–water partition coefficient (Wildman–Crippen LogP) is 7.69. The van der Waals surface area contributed by atoms with Crippen molar-refractivity contribution >= 4 is 46.1 Å². The van der Waals surface area contributed by atoms with E-state index in [-0.39, 0.29) is 0 Å². The number of nitrogens with zero attached hydrogens (tertiary/aromatic N) is 1. The first-order valence-corrected chi connectivity index (χ1v) is 18.6. The van der Waals surface area contributed by atoms with E-state index in [0.29, 0.717) is 43.1 Å². The van der Waals surface area contributed by atoms with Gasteiger partial charge in [0.15, 0.2) is 14.3 Å². The molecule has 0 spiro atoms. The van der Waals surface area contributed by atoms with Crippen molar-refractivity contribution in [1.82, 2.24) is 4.98 Å². The van der Waals surface area contributed by atoms with Crippen molar-refractivity contribution in [2.75, 3.05) is 0 Å². The Balaban J connectivity index is 1.62. The molecule has 1 heterocycles. The minimum atomic E-state index is -3.51. The highest BCUT2D eigenvalue weighted by molar-refractivity contribution is 7.87. The molecule has 0 saturated carbocycles. The van der Waals surface area contributed by atoms with Crippen LogP contribution in [-0.4, -0.2) is 4.98 Å². The van der Waals surface area contributed by atoms with E-state index in [9.17, 15) is 0 Å². The first-order chi connectivity index (χ1) is 22.6. The molecule has 46 heavy (non-hydrogen) atoms. The lowest BCUT2D eigenvalue weighted by molar-refractivity contribution is 0.592. The normalized spacial score (nSPS) is 11.7. The largest absolute Gasteiger partial charge is 0.309 e. The molecule has 7 aromatic rings. The fraction of sp³-hybridized carbons (Fsp3) is 0. The molecule has 222 valence electrons. The van der Waals surface area contributed by atoms with Crippen LogP contribution in [0.5, 0.6) is 0 Å². The van der Waals surface area contributed by atoms with E-state index in [1.807, 2.05) is 188 Å². The minimum Gasteiger partial charge on any atom is -0.309 e. The molecule has 6 aromatic carbocycles. The van der Waals surface area contributed by atoms with Crippen LogP contribution in [0.15, 0.2) is 188 Å². The third kappa shape index (κ3) is 5.29. The molecule has 0 fully saturated rings. The quantitative estimate of drug-likeness (QED) is 0.162. The Morgan fingerprint density at radius 1 is 0.326 bits per heavy atom. The Hall–Kier alpha value is -5.07. The Morgan fingerprint density at radius 3 is 1.04 bits per heavy atom. The molecule has 0 aliphatic carbocycles. The fourth-order valence-corrected chi connectivity index (χ4v) is 11.9.